The van der Waals surface area contributed by atoms with Gasteiger partial charge < -0.3 is 53.3 Å². The number of hydrogen-bond acceptors (Lipinski definition) is 8. The molecule has 0 saturated carbocycles. The number of anilines is 2. The van der Waals surface area contributed by atoms with Crippen molar-refractivity contribution in [3.05, 3.63) is 205 Å². The van der Waals surface area contributed by atoms with E-state index in [4.69, 9.17) is 10.2 Å². The van der Waals surface area contributed by atoms with Gasteiger partial charge in [-0.05, 0) is 84.0 Å². The summed E-state index contributed by atoms with van der Waals surface area (Å²) in [4.78, 5) is 50.1. The molecule has 2 heterocycles. The molecular weight excluding hydrogens is 1050 g/mol. The number of aromatic nitrogens is 2. The molecule has 0 fully saturated rings. The molecule has 8 aromatic rings. The van der Waals surface area contributed by atoms with Crippen LogP contribution in [-0.4, -0.2) is 126 Å². The molecule has 0 bridgehead atoms. The van der Waals surface area contributed by atoms with E-state index in [1.807, 2.05) is 210 Å². The first kappa shape index (κ1) is 63.0. The van der Waals surface area contributed by atoms with E-state index < -0.39 is 49.2 Å². The zero-order valence-electron chi connectivity index (χ0n) is 48.4. The summed E-state index contributed by atoms with van der Waals surface area (Å²) in [6, 6.07) is 58.1. The molecular formula is C66H74CaN4O10. The number of carboxylic acids is 2. The molecule has 15 heteroatoms. The number of para-hydroxylation sites is 2. The second-order valence-corrected chi connectivity index (χ2v) is 20.5. The molecule has 4 atom stereocenters. The molecule has 14 nitrogen and oxygen atoms in total. The van der Waals surface area contributed by atoms with Crippen LogP contribution in [0.15, 0.2) is 182 Å². The van der Waals surface area contributed by atoms with Gasteiger partial charge in [0.25, 0.3) is 11.8 Å². The standard InChI is InChI=1S/2C33H36N2O5.Ca.2H/c2*1-22(2)31-30(33(40)34-25-16-10-5-11-17-25)29(23-12-6-3-7-13-23)32(24-14-8-4-9-15-24)35(31)19-18-26(36)20-27(37)21-28(38)39;;;/h2*3-17,22,26-27,36-37H,18-21H2,1-2H3,(H,34,40)(H,38,39);;;/q;;+2;2*-1/t2*26-,27-;;;/m11.../s1. The monoisotopic (exact) mass is 1120 g/mol. The van der Waals surface area contributed by atoms with E-state index in [9.17, 15) is 39.6 Å². The van der Waals surface area contributed by atoms with Crippen LogP contribution in [0.4, 0.5) is 11.4 Å². The van der Waals surface area contributed by atoms with Crippen LogP contribution in [-0.2, 0) is 22.7 Å². The summed E-state index contributed by atoms with van der Waals surface area (Å²) >= 11 is 0. The Hall–Kier alpha value is -7.14. The third-order valence-corrected chi connectivity index (χ3v) is 13.7. The molecule has 0 unspecified atom stereocenters. The van der Waals surface area contributed by atoms with Gasteiger partial charge in [0.1, 0.15) is 0 Å². The van der Waals surface area contributed by atoms with Crippen molar-refractivity contribution in [3.8, 4) is 44.8 Å². The summed E-state index contributed by atoms with van der Waals surface area (Å²) in [7, 11) is 0. The molecule has 0 aliphatic carbocycles. The Morgan fingerprint density at radius 2 is 0.691 bits per heavy atom. The van der Waals surface area contributed by atoms with Gasteiger partial charge in [-0.2, -0.15) is 0 Å². The zero-order chi connectivity index (χ0) is 57.3. The number of carbonyl (C=O) groups excluding carboxylic acids is 2. The summed E-state index contributed by atoms with van der Waals surface area (Å²) in [5, 5.41) is 65.7. The van der Waals surface area contributed by atoms with E-state index in [-0.39, 0.29) is 89.9 Å². The molecule has 2 amide bonds. The fourth-order valence-electron chi connectivity index (χ4n) is 10.4. The third kappa shape index (κ3) is 17.0. The van der Waals surface area contributed by atoms with Gasteiger partial charge in [0, 0.05) is 47.0 Å². The van der Waals surface area contributed by atoms with E-state index in [0.717, 1.165) is 56.2 Å². The molecule has 0 aliphatic heterocycles. The van der Waals surface area contributed by atoms with Crippen LogP contribution in [0, 0.1) is 0 Å². The maximum atomic E-state index is 14.1. The summed E-state index contributed by atoms with van der Waals surface area (Å²) < 4.78 is 4.21. The number of carbonyl (C=O) groups is 4. The van der Waals surface area contributed by atoms with Crippen molar-refractivity contribution in [3.63, 3.8) is 0 Å². The van der Waals surface area contributed by atoms with Gasteiger partial charge in [0.2, 0.25) is 0 Å². The van der Waals surface area contributed by atoms with Gasteiger partial charge in [-0.15, -0.1) is 0 Å². The molecule has 8 rings (SSSR count). The summed E-state index contributed by atoms with van der Waals surface area (Å²) in [5.41, 5.74) is 11.2. The van der Waals surface area contributed by atoms with Crippen molar-refractivity contribution in [2.45, 2.75) is 116 Å². The summed E-state index contributed by atoms with van der Waals surface area (Å²) in [6.45, 7) is 8.92. The molecule has 0 radical (unpaired) electrons. The average Bonchev–Trinajstić information content (AvgIpc) is 4.09. The van der Waals surface area contributed by atoms with Crippen LogP contribution in [0.1, 0.15) is 113 Å². The smallest absolute Gasteiger partial charge is 1.00 e. The first-order valence-corrected chi connectivity index (χ1v) is 27.1. The van der Waals surface area contributed by atoms with Crippen LogP contribution < -0.4 is 10.6 Å². The van der Waals surface area contributed by atoms with Gasteiger partial charge >= 0.3 is 49.7 Å². The first-order chi connectivity index (χ1) is 38.5. The molecule has 0 spiro atoms. The number of nitrogens with one attached hydrogen (secondary N) is 2. The number of nitrogens with zero attached hydrogens (tertiary/aromatic N) is 2. The van der Waals surface area contributed by atoms with E-state index in [1.165, 1.54) is 0 Å². The van der Waals surface area contributed by atoms with Crippen molar-refractivity contribution < 1.29 is 52.7 Å². The van der Waals surface area contributed by atoms with E-state index in [2.05, 4.69) is 19.8 Å². The number of aliphatic carboxylic acids is 2. The molecule has 420 valence electrons. The average molecular weight is 1120 g/mol. The molecule has 2 aromatic heterocycles. The number of hydrogen-bond donors (Lipinski definition) is 8. The van der Waals surface area contributed by atoms with Crippen LogP contribution in [0.25, 0.3) is 44.8 Å². The Morgan fingerprint density at radius 1 is 0.420 bits per heavy atom. The predicted octanol–water partition coefficient (Wildman–Crippen LogP) is 12.2. The minimum absolute atomic E-state index is 0. The Labute approximate surface area is 506 Å². The van der Waals surface area contributed by atoms with Gasteiger partial charge in [-0.1, -0.05) is 185 Å². The Bertz CT molecular complexity index is 3070. The normalized spacial score (nSPS) is 12.6. The van der Waals surface area contributed by atoms with Crippen LogP contribution in [0.5, 0.6) is 0 Å². The summed E-state index contributed by atoms with van der Waals surface area (Å²) in [6.07, 6.45) is -4.48. The first-order valence-electron chi connectivity index (χ1n) is 27.1. The minimum atomic E-state index is -1.14. The summed E-state index contributed by atoms with van der Waals surface area (Å²) in [5.74, 6) is -2.73. The van der Waals surface area contributed by atoms with Crippen molar-refractivity contribution in [1.82, 2.24) is 9.13 Å². The van der Waals surface area contributed by atoms with E-state index >= 15 is 0 Å². The van der Waals surface area contributed by atoms with Crippen LogP contribution in [0.2, 0.25) is 0 Å². The predicted molar refractivity (Wildman–Crippen MR) is 323 cm³/mol. The number of rotatable bonds is 24. The molecule has 6 aromatic carbocycles. The van der Waals surface area contributed by atoms with Gasteiger partial charge in [-0.3, -0.25) is 19.2 Å². The molecule has 81 heavy (non-hydrogen) atoms. The van der Waals surface area contributed by atoms with Crippen molar-refractivity contribution in [2.75, 3.05) is 10.6 Å². The second-order valence-electron chi connectivity index (χ2n) is 20.5. The largest absolute Gasteiger partial charge is 2.00 e. The third-order valence-electron chi connectivity index (χ3n) is 13.7. The zero-order valence-corrected chi connectivity index (χ0v) is 48.6. The Morgan fingerprint density at radius 3 is 0.963 bits per heavy atom. The number of aliphatic hydroxyl groups excluding tert-OH is 4. The minimum Gasteiger partial charge on any atom is -1.00 e. The molecule has 0 aliphatic rings. The molecule has 8 N–H and O–H groups in total. The number of amides is 2. The van der Waals surface area contributed by atoms with E-state index in [1.54, 1.807) is 0 Å². The fraction of sp³-hybridized carbons (Fsp3) is 0.273. The maximum absolute atomic E-state index is 14.1. The topological polar surface area (TPSA) is 224 Å². The maximum Gasteiger partial charge on any atom is 2.00 e. The number of carboxylic acid groups (broad SMARTS) is 2. The van der Waals surface area contributed by atoms with Crippen molar-refractivity contribution in [2.24, 2.45) is 0 Å². The SMILES string of the molecule is CC(C)c1c(C(=O)Nc2ccccc2)c(-c2ccccc2)c(-c2ccccc2)n1CC[C@@H](O)C[C@@H](O)CC(=O)O.CC(C)c1c(C(=O)Nc2ccccc2)c(-c2ccccc2)c(-c2ccccc2)n1CC[C@@H](O)C[C@@H](O)CC(=O)O.[Ca+2].[H-].[H-]. The fourth-order valence-corrected chi connectivity index (χ4v) is 10.4. The number of aliphatic hydroxyl groups is 4. The van der Waals surface area contributed by atoms with Gasteiger partial charge in [0.15, 0.2) is 0 Å². The molecule has 0 saturated heterocycles. The number of benzene rings is 6. The van der Waals surface area contributed by atoms with Gasteiger partial charge in [0.05, 0.1) is 59.8 Å². The van der Waals surface area contributed by atoms with Gasteiger partial charge in [-0.25, -0.2) is 0 Å². The quantitative estimate of drug-likeness (QED) is 0.0267. The van der Waals surface area contributed by atoms with Crippen LogP contribution in [0.3, 0.4) is 0 Å². The second kappa shape index (κ2) is 30.6. The van der Waals surface area contributed by atoms with Crippen molar-refractivity contribution >= 4 is 72.9 Å². The van der Waals surface area contributed by atoms with Crippen molar-refractivity contribution in [1.29, 1.82) is 0 Å². The Balaban J connectivity index is 0.000000344. The van der Waals surface area contributed by atoms with E-state index in [0.29, 0.717) is 35.6 Å². The van der Waals surface area contributed by atoms with Crippen LogP contribution >= 0.6 is 0 Å². The Kier molecular flexibility index (Phi) is 23.8.